The largest absolute Gasteiger partial charge is 0.493 e. The van der Waals surface area contributed by atoms with E-state index in [9.17, 15) is 4.79 Å². The summed E-state index contributed by atoms with van der Waals surface area (Å²) in [7, 11) is 6.09. The summed E-state index contributed by atoms with van der Waals surface area (Å²) in [4.78, 5) is 11.5. The van der Waals surface area contributed by atoms with Crippen molar-refractivity contribution >= 4 is 5.97 Å². The molecule has 1 rings (SSSR count). The molecule has 3 atom stereocenters. The van der Waals surface area contributed by atoms with E-state index in [0.717, 1.165) is 5.56 Å². The standard InChI is InChI=1S/C17H27NO5/c1-10(9-13(18)17(19)23-6)11(2)12-7-8-14(20-3)16(22-5)15(12)21-4/h7-8,10-11,13H,9,18H2,1-6H3. The maximum atomic E-state index is 11.5. The van der Waals surface area contributed by atoms with Gasteiger partial charge in [-0.3, -0.25) is 4.79 Å². The van der Waals surface area contributed by atoms with Gasteiger partial charge in [0.15, 0.2) is 11.5 Å². The fourth-order valence-corrected chi connectivity index (χ4v) is 2.64. The highest BCUT2D eigenvalue weighted by molar-refractivity contribution is 5.75. The maximum Gasteiger partial charge on any atom is 0.322 e. The second kappa shape index (κ2) is 8.62. The van der Waals surface area contributed by atoms with Crippen molar-refractivity contribution in [3.63, 3.8) is 0 Å². The van der Waals surface area contributed by atoms with Crippen molar-refractivity contribution in [1.29, 1.82) is 0 Å². The van der Waals surface area contributed by atoms with E-state index in [1.807, 2.05) is 19.1 Å². The van der Waals surface area contributed by atoms with Gasteiger partial charge in [-0.15, -0.1) is 0 Å². The first-order chi connectivity index (χ1) is 10.9. The van der Waals surface area contributed by atoms with Gasteiger partial charge in [-0.1, -0.05) is 19.9 Å². The molecule has 2 N–H and O–H groups in total. The Morgan fingerprint density at radius 2 is 1.65 bits per heavy atom. The minimum atomic E-state index is -0.636. The van der Waals surface area contributed by atoms with Crippen LogP contribution in [0.3, 0.4) is 0 Å². The van der Waals surface area contributed by atoms with Crippen molar-refractivity contribution in [1.82, 2.24) is 0 Å². The van der Waals surface area contributed by atoms with Crippen molar-refractivity contribution in [3.05, 3.63) is 17.7 Å². The number of carbonyl (C=O) groups excluding carboxylic acids is 1. The molecule has 6 nitrogen and oxygen atoms in total. The molecular weight excluding hydrogens is 298 g/mol. The minimum Gasteiger partial charge on any atom is -0.493 e. The summed E-state index contributed by atoms with van der Waals surface area (Å²) >= 11 is 0. The molecule has 23 heavy (non-hydrogen) atoms. The van der Waals surface area contributed by atoms with Crippen molar-refractivity contribution in [2.75, 3.05) is 28.4 Å². The van der Waals surface area contributed by atoms with Crippen molar-refractivity contribution in [3.8, 4) is 17.2 Å². The highest BCUT2D eigenvalue weighted by Crippen LogP contribution is 2.44. The Bertz CT molecular complexity index is 532. The average molecular weight is 325 g/mol. The smallest absolute Gasteiger partial charge is 0.322 e. The van der Waals surface area contributed by atoms with Crippen molar-refractivity contribution < 1.29 is 23.7 Å². The Hall–Kier alpha value is -1.95. The van der Waals surface area contributed by atoms with Crippen LogP contribution in [0.1, 0.15) is 31.7 Å². The lowest BCUT2D eigenvalue weighted by molar-refractivity contribution is -0.142. The van der Waals surface area contributed by atoms with Crippen LogP contribution in [0, 0.1) is 5.92 Å². The van der Waals surface area contributed by atoms with Crippen LogP contribution in [-0.2, 0) is 9.53 Å². The van der Waals surface area contributed by atoms with Gasteiger partial charge in [0.25, 0.3) is 0 Å². The SMILES string of the molecule is COC(=O)C(N)CC(C)C(C)c1ccc(OC)c(OC)c1OC. The molecule has 0 radical (unpaired) electrons. The Morgan fingerprint density at radius 3 is 2.13 bits per heavy atom. The van der Waals surface area contributed by atoms with Crippen LogP contribution in [0.5, 0.6) is 17.2 Å². The summed E-state index contributed by atoms with van der Waals surface area (Å²) in [5.41, 5.74) is 6.85. The molecular formula is C17H27NO5. The summed E-state index contributed by atoms with van der Waals surface area (Å²) in [6.45, 7) is 4.11. The minimum absolute atomic E-state index is 0.112. The van der Waals surface area contributed by atoms with Crippen molar-refractivity contribution in [2.24, 2.45) is 11.7 Å². The van der Waals surface area contributed by atoms with E-state index in [2.05, 4.69) is 11.7 Å². The van der Waals surface area contributed by atoms with Crippen LogP contribution >= 0.6 is 0 Å². The molecule has 3 unspecified atom stereocenters. The maximum absolute atomic E-state index is 11.5. The second-order valence-corrected chi connectivity index (χ2v) is 5.55. The van der Waals surface area contributed by atoms with Crippen LogP contribution < -0.4 is 19.9 Å². The van der Waals surface area contributed by atoms with E-state index in [4.69, 9.17) is 19.9 Å². The highest BCUT2D eigenvalue weighted by Gasteiger charge is 2.26. The summed E-state index contributed by atoms with van der Waals surface area (Å²) in [5, 5.41) is 0. The van der Waals surface area contributed by atoms with Gasteiger partial charge in [-0.05, 0) is 24.3 Å². The predicted molar refractivity (Wildman–Crippen MR) is 88.3 cm³/mol. The molecule has 0 saturated carbocycles. The molecule has 0 aliphatic heterocycles. The normalized spacial score (nSPS) is 14.6. The molecule has 0 fully saturated rings. The molecule has 130 valence electrons. The quantitative estimate of drug-likeness (QED) is 0.739. The van der Waals surface area contributed by atoms with Gasteiger partial charge in [0, 0.05) is 5.56 Å². The first kappa shape index (κ1) is 19.1. The van der Waals surface area contributed by atoms with E-state index >= 15 is 0 Å². The van der Waals surface area contributed by atoms with Crippen molar-refractivity contribution in [2.45, 2.75) is 32.2 Å². The average Bonchev–Trinajstić information content (AvgIpc) is 2.58. The molecule has 6 heteroatoms. The molecule has 1 aromatic rings. The first-order valence-electron chi connectivity index (χ1n) is 7.53. The van der Waals surface area contributed by atoms with E-state index in [-0.39, 0.29) is 11.8 Å². The van der Waals surface area contributed by atoms with Gasteiger partial charge in [0.2, 0.25) is 5.75 Å². The molecule has 0 saturated heterocycles. The number of ether oxygens (including phenoxy) is 4. The molecule has 0 aromatic heterocycles. The number of esters is 1. The number of nitrogens with two attached hydrogens (primary N) is 1. The zero-order chi connectivity index (χ0) is 17.6. The van der Waals surface area contributed by atoms with Gasteiger partial charge >= 0.3 is 5.97 Å². The molecule has 0 spiro atoms. The topological polar surface area (TPSA) is 80.0 Å². The summed E-state index contributed by atoms with van der Waals surface area (Å²) < 4.78 is 20.9. The molecule has 0 amide bonds. The fraction of sp³-hybridized carbons (Fsp3) is 0.588. The molecule has 1 aromatic carbocycles. The molecule has 0 aliphatic rings. The number of benzene rings is 1. The third-order valence-electron chi connectivity index (χ3n) is 4.21. The van der Waals surface area contributed by atoms with Gasteiger partial charge in [0.05, 0.1) is 28.4 Å². The van der Waals surface area contributed by atoms with Gasteiger partial charge in [-0.2, -0.15) is 0 Å². The molecule has 0 heterocycles. The summed E-state index contributed by atoms with van der Waals surface area (Å²) in [6, 6.07) is 3.16. The number of rotatable bonds is 8. The molecule has 0 aliphatic carbocycles. The summed E-state index contributed by atoms with van der Waals surface area (Å²) in [6.07, 6.45) is 0.519. The van der Waals surface area contributed by atoms with Gasteiger partial charge in [-0.25, -0.2) is 0 Å². The van der Waals surface area contributed by atoms with Crippen LogP contribution in [-0.4, -0.2) is 40.5 Å². The number of carbonyl (C=O) groups is 1. The predicted octanol–water partition coefficient (Wildman–Crippen LogP) is 2.34. The Morgan fingerprint density at radius 1 is 1.04 bits per heavy atom. The number of hydrogen-bond donors (Lipinski definition) is 1. The van der Waals surface area contributed by atoms with Gasteiger partial charge < -0.3 is 24.7 Å². The molecule has 0 bridgehead atoms. The fourth-order valence-electron chi connectivity index (χ4n) is 2.64. The Kier molecular flexibility index (Phi) is 7.16. The highest BCUT2D eigenvalue weighted by atomic mass is 16.5. The zero-order valence-corrected chi connectivity index (χ0v) is 14.7. The van der Waals surface area contributed by atoms with E-state index in [0.29, 0.717) is 23.7 Å². The van der Waals surface area contributed by atoms with Crippen LogP contribution in [0.4, 0.5) is 0 Å². The lowest BCUT2D eigenvalue weighted by Crippen LogP contribution is -2.34. The van der Waals surface area contributed by atoms with Crippen LogP contribution in [0.2, 0.25) is 0 Å². The number of methoxy groups -OCH3 is 4. The number of hydrogen-bond acceptors (Lipinski definition) is 6. The first-order valence-corrected chi connectivity index (χ1v) is 7.53. The zero-order valence-electron chi connectivity index (χ0n) is 14.7. The van der Waals surface area contributed by atoms with Crippen LogP contribution in [0.25, 0.3) is 0 Å². The van der Waals surface area contributed by atoms with Gasteiger partial charge in [0.1, 0.15) is 6.04 Å². The monoisotopic (exact) mass is 325 g/mol. The summed E-state index contributed by atoms with van der Waals surface area (Å²) in [5.74, 6) is 1.67. The lowest BCUT2D eigenvalue weighted by atomic mass is 9.84. The van der Waals surface area contributed by atoms with E-state index in [1.165, 1.54) is 7.11 Å². The Balaban J connectivity index is 3.07. The Labute approximate surface area is 137 Å². The van der Waals surface area contributed by atoms with E-state index in [1.54, 1.807) is 21.3 Å². The third-order valence-corrected chi connectivity index (χ3v) is 4.21. The third kappa shape index (κ3) is 4.28. The van der Waals surface area contributed by atoms with E-state index < -0.39 is 12.0 Å². The van der Waals surface area contributed by atoms with Crippen LogP contribution in [0.15, 0.2) is 12.1 Å². The second-order valence-electron chi connectivity index (χ2n) is 5.55. The lowest BCUT2D eigenvalue weighted by Gasteiger charge is -2.25.